The van der Waals surface area contributed by atoms with E-state index in [1.165, 1.54) is 17.8 Å². The summed E-state index contributed by atoms with van der Waals surface area (Å²) in [6.07, 6.45) is 1.11. The van der Waals surface area contributed by atoms with Crippen LogP contribution in [0.2, 0.25) is 0 Å². The molecular weight excluding hydrogens is 366 g/mol. The Balaban J connectivity index is 1.80. The molecule has 0 aliphatic carbocycles. The van der Waals surface area contributed by atoms with E-state index < -0.39 is 17.8 Å². The molecule has 10 nitrogen and oxygen atoms in total. The first-order valence-electron chi connectivity index (χ1n) is 8.19. The fourth-order valence-electron chi connectivity index (χ4n) is 2.75. The third kappa shape index (κ3) is 3.75. The Labute approximate surface area is 159 Å². The minimum absolute atomic E-state index is 0.0890. The number of carbonyl (C=O) groups excluding carboxylic acids is 1. The van der Waals surface area contributed by atoms with E-state index in [0.717, 1.165) is 17.5 Å². The van der Waals surface area contributed by atoms with E-state index in [9.17, 15) is 19.5 Å². The molecule has 3 aromatic rings. The van der Waals surface area contributed by atoms with E-state index >= 15 is 0 Å². The Morgan fingerprint density at radius 3 is 2.57 bits per heavy atom. The number of hydrogen-bond acceptors (Lipinski definition) is 5. The summed E-state index contributed by atoms with van der Waals surface area (Å²) in [5.41, 5.74) is 1.35. The summed E-state index contributed by atoms with van der Waals surface area (Å²) in [5.74, 6) is -2.67. The van der Waals surface area contributed by atoms with Crippen LogP contribution in [0.25, 0.3) is 0 Å². The zero-order valence-electron chi connectivity index (χ0n) is 15.1. The molecule has 0 unspecified atom stereocenters. The number of aromatic nitrogens is 4. The van der Waals surface area contributed by atoms with Crippen LogP contribution in [0.3, 0.4) is 0 Å². The van der Waals surface area contributed by atoms with Gasteiger partial charge in [-0.3, -0.25) is 14.2 Å². The molecule has 28 heavy (non-hydrogen) atoms. The lowest BCUT2D eigenvalue weighted by Gasteiger charge is -2.06. The number of carboxylic acid groups (broad SMARTS) is 2. The van der Waals surface area contributed by atoms with Crippen LogP contribution in [0.1, 0.15) is 42.5 Å². The van der Waals surface area contributed by atoms with Crippen LogP contribution < -0.4 is 5.32 Å². The molecule has 3 rings (SSSR count). The highest BCUT2D eigenvalue weighted by molar-refractivity contribution is 6.09. The number of aryl methyl sites for hydroxylation is 2. The molecule has 0 saturated carbocycles. The summed E-state index contributed by atoms with van der Waals surface area (Å²) in [4.78, 5) is 34.8. The van der Waals surface area contributed by atoms with Gasteiger partial charge in [-0.25, -0.2) is 9.59 Å². The molecule has 0 aliphatic rings. The largest absolute Gasteiger partial charge is 0.478 e. The van der Waals surface area contributed by atoms with Crippen LogP contribution in [0.15, 0.2) is 36.5 Å². The summed E-state index contributed by atoms with van der Waals surface area (Å²) in [5, 5.41) is 28.9. The maximum absolute atomic E-state index is 12.5. The standard InChI is InChI=1S/C18H17N5O5/c1-10-6-14(20-16(24)15-13(18(27)28)8-19-22(15)2)21-23(10)9-11-4-3-5-12(7-11)17(25)26/h3-8H,9H2,1-2H3,(H,25,26)(H,27,28)(H,20,21,24). The Morgan fingerprint density at radius 2 is 1.89 bits per heavy atom. The van der Waals surface area contributed by atoms with Gasteiger partial charge in [-0.15, -0.1) is 0 Å². The smallest absolute Gasteiger partial charge is 0.339 e. The van der Waals surface area contributed by atoms with E-state index in [4.69, 9.17) is 5.11 Å². The Morgan fingerprint density at radius 1 is 1.14 bits per heavy atom. The maximum atomic E-state index is 12.5. The molecule has 0 radical (unpaired) electrons. The number of anilines is 1. The topological polar surface area (TPSA) is 139 Å². The minimum Gasteiger partial charge on any atom is -0.478 e. The van der Waals surface area contributed by atoms with Gasteiger partial charge in [0.05, 0.1) is 18.3 Å². The summed E-state index contributed by atoms with van der Waals surface area (Å²) < 4.78 is 2.79. The van der Waals surface area contributed by atoms with Gasteiger partial charge in [-0.05, 0) is 24.6 Å². The van der Waals surface area contributed by atoms with Crippen LogP contribution in [-0.2, 0) is 13.6 Å². The number of amides is 1. The second kappa shape index (κ2) is 7.35. The third-order valence-electron chi connectivity index (χ3n) is 4.11. The molecule has 0 fully saturated rings. The molecular formula is C18H17N5O5. The Hall–Kier alpha value is -3.95. The van der Waals surface area contributed by atoms with Crippen LogP contribution in [0, 0.1) is 6.92 Å². The molecule has 10 heteroatoms. The molecule has 144 valence electrons. The number of hydrogen-bond donors (Lipinski definition) is 3. The lowest BCUT2D eigenvalue weighted by atomic mass is 10.1. The molecule has 3 N–H and O–H groups in total. The predicted molar refractivity (Wildman–Crippen MR) is 97.6 cm³/mol. The number of carbonyl (C=O) groups is 3. The van der Waals surface area contributed by atoms with Gasteiger partial charge in [0.2, 0.25) is 0 Å². The summed E-state index contributed by atoms with van der Waals surface area (Å²) in [7, 11) is 1.47. The zero-order valence-corrected chi connectivity index (χ0v) is 15.1. The number of benzene rings is 1. The fourth-order valence-corrected chi connectivity index (χ4v) is 2.75. The van der Waals surface area contributed by atoms with Gasteiger partial charge in [0.15, 0.2) is 5.82 Å². The van der Waals surface area contributed by atoms with Crippen molar-refractivity contribution in [2.45, 2.75) is 13.5 Å². The average Bonchev–Trinajstić information content (AvgIpc) is 3.18. The van der Waals surface area contributed by atoms with Crippen molar-refractivity contribution in [3.63, 3.8) is 0 Å². The third-order valence-corrected chi connectivity index (χ3v) is 4.11. The van der Waals surface area contributed by atoms with Crippen molar-refractivity contribution in [1.29, 1.82) is 0 Å². The zero-order chi connectivity index (χ0) is 20.4. The molecule has 0 saturated heterocycles. The summed E-state index contributed by atoms with van der Waals surface area (Å²) >= 11 is 0. The molecule has 0 spiro atoms. The van der Waals surface area contributed by atoms with Gasteiger partial charge in [0, 0.05) is 18.8 Å². The van der Waals surface area contributed by atoms with E-state index in [2.05, 4.69) is 15.5 Å². The Bertz CT molecular complexity index is 1080. The second-order valence-corrected chi connectivity index (χ2v) is 6.12. The quantitative estimate of drug-likeness (QED) is 0.588. The monoisotopic (exact) mass is 383 g/mol. The highest BCUT2D eigenvalue weighted by atomic mass is 16.4. The summed E-state index contributed by atoms with van der Waals surface area (Å²) in [6, 6.07) is 8.12. The number of carboxylic acids is 2. The van der Waals surface area contributed by atoms with E-state index in [1.807, 2.05) is 0 Å². The van der Waals surface area contributed by atoms with Crippen molar-refractivity contribution < 1.29 is 24.6 Å². The number of nitrogens with zero attached hydrogens (tertiary/aromatic N) is 4. The van der Waals surface area contributed by atoms with Crippen LogP contribution in [0.5, 0.6) is 0 Å². The SMILES string of the molecule is Cc1cc(NC(=O)c2c(C(=O)O)cnn2C)nn1Cc1cccc(C(=O)O)c1. The van der Waals surface area contributed by atoms with Crippen LogP contribution >= 0.6 is 0 Å². The van der Waals surface area contributed by atoms with E-state index in [0.29, 0.717) is 6.54 Å². The highest BCUT2D eigenvalue weighted by Gasteiger charge is 2.22. The van der Waals surface area contributed by atoms with E-state index in [-0.39, 0.29) is 22.6 Å². The van der Waals surface area contributed by atoms with Gasteiger partial charge >= 0.3 is 11.9 Å². The first-order chi connectivity index (χ1) is 13.3. The second-order valence-electron chi connectivity index (χ2n) is 6.12. The average molecular weight is 383 g/mol. The van der Waals surface area contributed by atoms with Gasteiger partial charge in [0.1, 0.15) is 11.3 Å². The molecule has 2 aromatic heterocycles. The maximum Gasteiger partial charge on any atom is 0.339 e. The lowest BCUT2D eigenvalue weighted by molar-refractivity contribution is 0.0684. The van der Waals surface area contributed by atoms with Gasteiger partial charge in [0.25, 0.3) is 5.91 Å². The van der Waals surface area contributed by atoms with Gasteiger partial charge < -0.3 is 15.5 Å². The fraction of sp³-hybridized carbons (Fsp3) is 0.167. The normalized spacial score (nSPS) is 10.6. The molecule has 0 bridgehead atoms. The molecule has 0 atom stereocenters. The van der Waals surface area contributed by atoms with Gasteiger partial charge in [-0.1, -0.05) is 12.1 Å². The highest BCUT2D eigenvalue weighted by Crippen LogP contribution is 2.15. The van der Waals surface area contributed by atoms with Crippen LogP contribution in [0.4, 0.5) is 5.82 Å². The number of rotatable bonds is 6. The molecule has 2 heterocycles. The summed E-state index contributed by atoms with van der Waals surface area (Å²) in [6.45, 7) is 2.10. The first-order valence-corrected chi connectivity index (χ1v) is 8.19. The van der Waals surface area contributed by atoms with Crippen molar-refractivity contribution in [3.05, 3.63) is 64.6 Å². The van der Waals surface area contributed by atoms with Gasteiger partial charge in [-0.2, -0.15) is 10.2 Å². The lowest BCUT2D eigenvalue weighted by Crippen LogP contribution is -2.19. The molecule has 1 amide bonds. The first kappa shape index (κ1) is 18.8. The molecule has 0 aliphatic heterocycles. The van der Waals surface area contributed by atoms with Crippen LogP contribution in [-0.4, -0.2) is 47.6 Å². The minimum atomic E-state index is -1.25. The molecule has 1 aromatic carbocycles. The van der Waals surface area contributed by atoms with Crippen molar-refractivity contribution in [1.82, 2.24) is 19.6 Å². The van der Waals surface area contributed by atoms with E-state index in [1.54, 1.807) is 35.9 Å². The predicted octanol–water partition coefficient (Wildman–Crippen LogP) is 1.62. The van der Waals surface area contributed by atoms with Crippen molar-refractivity contribution in [2.75, 3.05) is 5.32 Å². The van der Waals surface area contributed by atoms with Crippen molar-refractivity contribution in [3.8, 4) is 0 Å². The Kier molecular flexibility index (Phi) is 4.94. The van der Waals surface area contributed by atoms with Crippen molar-refractivity contribution >= 4 is 23.7 Å². The van der Waals surface area contributed by atoms with Crippen molar-refractivity contribution in [2.24, 2.45) is 7.05 Å². The number of aromatic carboxylic acids is 2. The number of nitrogens with one attached hydrogen (secondary N) is 1.